The Kier molecular flexibility index (Phi) is 6.23. The minimum Gasteiger partial charge on any atom is -0.484 e. The molecule has 1 aromatic carbocycles. The van der Waals surface area contributed by atoms with Gasteiger partial charge in [-0.05, 0) is 47.7 Å². The van der Waals surface area contributed by atoms with Gasteiger partial charge in [0.15, 0.2) is 6.61 Å². The Labute approximate surface area is 163 Å². The first-order valence-electron chi connectivity index (χ1n) is 9.42. The number of rotatable bonds is 8. The molecule has 1 aliphatic carbocycles. The van der Waals surface area contributed by atoms with Crippen LogP contribution in [0.3, 0.4) is 0 Å². The van der Waals surface area contributed by atoms with E-state index in [4.69, 9.17) is 4.74 Å². The van der Waals surface area contributed by atoms with E-state index in [1.54, 1.807) is 31.3 Å². The van der Waals surface area contributed by atoms with Crippen molar-refractivity contribution in [2.24, 2.45) is 12.5 Å². The average molecular weight is 387 g/mol. The zero-order valence-electron chi connectivity index (χ0n) is 15.9. The van der Waals surface area contributed by atoms with Crippen molar-refractivity contribution in [2.45, 2.75) is 38.5 Å². The Bertz CT molecular complexity index is 812. The van der Waals surface area contributed by atoms with Gasteiger partial charge in [-0.2, -0.15) is 4.80 Å². The second-order valence-corrected chi connectivity index (χ2v) is 7.32. The number of carbonyl (C=O) groups is 2. The number of amides is 1. The first kappa shape index (κ1) is 19.8. The van der Waals surface area contributed by atoms with Crippen LogP contribution in [0, 0.1) is 5.41 Å². The fourth-order valence-electron chi connectivity index (χ4n) is 3.62. The van der Waals surface area contributed by atoms with Crippen molar-refractivity contribution < 1.29 is 19.4 Å². The predicted octanol–water partition coefficient (Wildman–Crippen LogP) is 1.80. The SMILES string of the molecule is Cn1nnc(-c2ccc(OCC(=O)NCC3(CC(=O)O)CCCCC3)cc2)n1. The lowest BCUT2D eigenvalue weighted by molar-refractivity contribution is -0.140. The van der Waals surface area contributed by atoms with Gasteiger partial charge in [-0.25, -0.2) is 0 Å². The number of carboxylic acids is 1. The topological polar surface area (TPSA) is 119 Å². The van der Waals surface area contributed by atoms with Gasteiger partial charge in [-0.1, -0.05) is 19.3 Å². The molecule has 0 atom stereocenters. The number of aromatic nitrogens is 4. The van der Waals surface area contributed by atoms with E-state index in [-0.39, 0.29) is 24.3 Å². The molecule has 1 amide bonds. The number of hydrogen-bond donors (Lipinski definition) is 2. The van der Waals surface area contributed by atoms with Gasteiger partial charge in [0, 0.05) is 12.1 Å². The summed E-state index contributed by atoms with van der Waals surface area (Å²) in [5.41, 5.74) is 0.461. The van der Waals surface area contributed by atoms with E-state index in [0.717, 1.165) is 37.7 Å². The van der Waals surface area contributed by atoms with Gasteiger partial charge in [0.25, 0.3) is 5.91 Å². The molecule has 0 radical (unpaired) electrons. The van der Waals surface area contributed by atoms with Crippen molar-refractivity contribution in [2.75, 3.05) is 13.2 Å². The summed E-state index contributed by atoms with van der Waals surface area (Å²) in [6, 6.07) is 7.08. The number of aliphatic carboxylic acids is 1. The summed E-state index contributed by atoms with van der Waals surface area (Å²) in [4.78, 5) is 24.8. The third kappa shape index (κ3) is 5.28. The molecule has 1 fully saturated rings. The molecule has 1 saturated carbocycles. The molecule has 1 heterocycles. The van der Waals surface area contributed by atoms with Crippen molar-refractivity contribution in [3.8, 4) is 17.1 Å². The van der Waals surface area contributed by atoms with E-state index in [1.807, 2.05) is 0 Å². The smallest absolute Gasteiger partial charge is 0.303 e. The molecular weight excluding hydrogens is 362 g/mol. The quantitative estimate of drug-likeness (QED) is 0.709. The van der Waals surface area contributed by atoms with E-state index < -0.39 is 5.97 Å². The lowest BCUT2D eigenvalue weighted by Gasteiger charge is -2.36. The lowest BCUT2D eigenvalue weighted by atomic mass is 9.71. The van der Waals surface area contributed by atoms with E-state index in [2.05, 4.69) is 20.7 Å². The molecule has 0 saturated heterocycles. The summed E-state index contributed by atoms with van der Waals surface area (Å²) in [5, 5.41) is 23.9. The first-order valence-corrected chi connectivity index (χ1v) is 9.42. The zero-order chi connectivity index (χ0) is 20.0. The maximum Gasteiger partial charge on any atom is 0.303 e. The minimum atomic E-state index is -0.815. The standard InChI is InChI=1S/C19H25N5O4/c1-24-22-18(21-23-24)14-5-7-15(8-6-14)28-12-16(25)20-13-19(11-17(26)27)9-3-2-4-10-19/h5-8H,2-4,9-13H2,1H3,(H,20,25)(H,26,27). The van der Waals surface area contributed by atoms with Gasteiger partial charge in [-0.3, -0.25) is 9.59 Å². The predicted molar refractivity (Wildman–Crippen MR) is 101 cm³/mol. The van der Waals surface area contributed by atoms with Crippen LogP contribution in [-0.4, -0.2) is 50.3 Å². The Morgan fingerprint density at radius 1 is 1.21 bits per heavy atom. The molecule has 1 aliphatic rings. The van der Waals surface area contributed by atoms with Crippen molar-refractivity contribution in [3.05, 3.63) is 24.3 Å². The van der Waals surface area contributed by atoms with Gasteiger partial charge >= 0.3 is 5.97 Å². The van der Waals surface area contributed by atoms with Crippen molar-refractivity contribution in [1.82, 2.24) is 25.5 Å². The average Bonchev–Trinajstić information content (AvgIpc) is 3.12. The normalized spacial score (nSPS) is 15.8. The van der Waals surface area contributed by atoms with E-state index in [1.165, 1.54) is 4.80 Å². The van der Waals surface area contributed by atoms with E-state index in [9.17, 15) is 14.7 Å². The number of carboxylic acid groups (broad SMARTS) is 1. The summed E-state index contributed by atoms with van der Waals surface area (Å²) in [6.45, 7) is 0.255. The fourth-order valence-corrected chi connectivity index (χ4v) is 3.62. The van der Waals surface area contributed by atoms with Gasteiger partial charge in [0.1, 0.15) is 5.75 Å². The molecule has 0 spiro atoms. The highest BCUT2D eigenvalue weighted by Gasteiger charge is 2.34. The molecule has 28 heavy (non-hydrogen) atoms. The fraction of sp³-hybridized carbons (Fsp3) is 0.526. The summed E-state index contributed by atoms with van der Waals surface area (Å²) >= 11 is 0. The van der Waals surface area contributed by atoms with Crippen LogP contribution in [0.5, 0.6) is 5.75 Å². The number of ether oxygens (including phenoxy) is 1. The zero-order valence-corrected chi connectivity index (χ0v) is 15.9. The van der Waals surface area contributed by atoms with Crippen molar-refractivity contribution in [1.29, 1.82) is 0 Å². The number of nitrogens with zero attached hydrogens (tertiary/aromatic N) is 4. The molecule has 0 unspecified atom stereocenters. The summed E-state index contributed by atoms with van der Waals surface area (Å²) in [6.07, 6.45) is 4.89. The van der Waals surface area contributed by atoms with Crippen LogP contribution < -0.4 is 10.1 Å². The van der Waals surface area contributed by atoms with Crippen LogP contribution in [0.1, 0.15) is 38.5 Å². The van der Waals surface area contributed by atoms with E-state index >= 15 is 0 Å². The molecule has 150 valence electrons. The monoisotopic (exact) mass is 387 g/mol. The highest BCUT2D eigenvalue weighted by molar-refractivity contribution is 5.77. The van der Waals surface area contributed by atoms with Gasteiger partial charge in [-0.15, -0.1) is 10.2 Å². The molecule has 2 aromatic rings. The van der Waals surface area contributed by atoms with Gasteiger partial charge in [0.2, 0.25) is 5.82 Å². The number of hydrogen-bond acceptors (Lipinski definition) is 6. The number of carbonyl (C=O) groups excluding carboxylic acids is 1. The van der Waals surface area contributed by atoms with Crippen LogP contribution in [0.2, 0.25) is 0 Å². The molecular formula is C19H25N5O4. The van der Waals surface area contributed by atoms with Crippen LogP contribution >= 0.6 is 0 Å². The molecule has 9 nitrogen and oxygen atoms in total. The lowest BCUT2D eigenvalue weighted by Crippen LogP contribution is -2.42. The number of nitrogens with one attached hydrogen (secondary N) is 1. The Morgan fingerprint density at radius 3 is 2.54 bits per heavy atom. The summed E-state index contributed by atoms with van der Waals surface area (Å²) in [7, 11) is 1.69. The minimum absolute atomic E-state index is 0.0893. The second-order valence-electron chi connectivity index (χ2n) is 7.32. The van der Waals surface area contributed by atoms with E-state index in [0.29, 0.717) is 18.1 Å². The third-order valence-corrected chi connectivity index (χ3v) is 5.09. The number of aryl methyl sites for hydroxylation is 1. The second kappa shape index (κ2) is 8.81. The highest BCUT2D eigenvalue weighted by Crippen LogP contribution is 2.38. The van der Waals surface area contributed by atoms with Crippen LogP contribution in [-0.2, 0) is 16.6 Å². The first-order chi connectivity index (χ1) is 13.5. The molecule has 9 heteroatoms. The maximum atomic E-state index is 12.2. The molecule has 0 aliphatic heterocycles. The van der Waals surface area contributed by atoms with Gasteiger partial charge in [0.05, 0.1) is 13.5 Å². The summed E-state index contributed by atoms with van der Waals surface area (Å²) in [5.74, 6) is 0.00352. The largest absolute Gasteiger partial charge is 0.484 e. The van der Waals surface area contributed by atoms with Crippen LogP contribution in [0.15, 0.2) is 24.3 Å². The van der Waals surface area contributed by atoms with Crippen LogP contribution in [0.4, 0.5) is 0 Å². The molecule has 3 rings (SSSR count). The van der Waals surface area contributed by atoms with Gasteiger partial charge < -0.3 is 15.2 Å². The summed E-state index contributed by atoms with van der Waals surface area (Å²) < 4.78 is 5.53. The van der Waals surface area contributed by atoms with Crippen molar-refractivity contribution in [3.63, 3.8) is 0 Å². The number of tetrazole rings is 1. The molecule has 2 N–H and O–H groups in total. The van der Waals surface area contributed by atoms with Crippen LogP contribution in [0.25, 0.3) is 11.4 Å². The highest BCUT2D eigenvalue weighted by atomic mass is 16.5. The number of benzene rings is 1. The third-order valence-electron chi connectivity index (χ3n) is 5.09. The molecule has 1 aromatic heterocycles. The Balaban J connectivity index is 1.49. The Morgan fingerprint density at radius 2 is 1.93 bits per heavy atom. The Hall–Kier alpha value is -2.97. The maximum absolute atomic E-state index is 12.2. The molecule has 0 bridgehead atoms. The van der Waals surface area contributed by atoms with Crippen molar-refractivity contribution >= 4 is 11.9 Å².